The summed E-state index contributed by atoms with van der Waals surface area (Å²) >= 11 is 0. The fourth-order valence-corrected chi connectivity index (χ4v) is 2.03. The first-order chi connectivity index (χ1) is 10.2. The maximum Gasteiger partial charge on any atom is 0.371 e. The van der Waals surface area contributed by atoms with E-state index in [1.807, 2.05) is 0 Å². The van der Waals surface area contributed by atoms with Gasteiger partial charge in [0, 0.05) is 0 Å². The van der Waals surface area contributed by atoms with Gasteiger partial charge in [-0.3, -0.25) is 0 Å². The van der Waals surface area contributed by atoms with E-state index in [0.717, 1.165) is 6.54 Å². The summed E-state index contributed by atoms with van der Waals surface area (Å²) in [6.45, 7) is 3.14. The summed E-state index contributed by atoms with van der Waals surface area (Å²) in [7, 11) is 0. The number of carbonyl (C=O) groups is 1. The van der Waals surface area contributed by atoms with Crippen LogP contribution in [-0.4, -0.2) is 17.6 Å². The molecule has 0 saturated carbocycles. The predicted octanol–water partition coefficient (Wildman–Crippen LogP) is 4.84. The summed E-state index contributed by atoms with van der Waals surface area (Å²) in [5, 5.41) is 8.18. The van der Waals surface area contributed by atoms with Crippen molar-refractivity contribution in [1.82, 2.24) is 0 Å². The molecule has 0 bridgehead atoms. The molecule has 1 aromatic heterocycles. The third kappa shape index (κ3) is 13.4. The van der Waals surface area contributed by atoms with Gasteiger partial charge in [0.25, 0.3) is 0 Å². The number of rotatable bonds is 11. The monoisotopic (exact) mass is 297 g/mol. The number of furan rings is 1. The van der Waals surface area contributed by atoms with Crippen molar-refractivity contribution in [3.05, 3.63) is 24.2 Å². The minimum atomic E-state index is -1.03. The zero-order valence-corrected chi connectivity index (χ0v) is 13.4. The first-order valence-corrected chi connectivity index (χ1v) is 8.19. The number of unbranched alkanes of at least 4 members (excludes halogenated alkanes) is 9. The second kappa shape index (κ2) is 15.1. The summed E-state index contributed by atoms with van der Waals surface area (Å²) in [5.74, 6) is -1.06. The van der Waals surface area contributed by atoms with Gasteiger partial charge < -0.3 is 15.3 Å². The summed E-state index contributed by atoms with van der Waals surface area (Å²) in [6.07, 6.45) is 15.3. The summed E-state index contributed by atoms with van der Waals surface area (Å²) in [5.41, 5.74) is 5.42. The van der Waals surface area contributed by atoms with Crippen molar-refractivity contribution < 1.29 is 14.3 Å². The number of hydrogen-bond donors (Lipinski definition) is 2. The highest BCUT2D eigenvalue weighted by molar-refractivity contribution is 5.84. The lowest BCUT2D eigenvalue weighted by Gasteiger charge is -2.00. The molecule has 0 atom stereocenters. The third-order valence-corrected chi connectivity index (χ3v) is 3.29. The molecule has 0 unspecified atom stereocenters. The highest BCUT2D eigenvalue weighted by Crippen LogP contribution is 2.09. The SMILES string of the molecule is CCCCCCCCCCCCN.O=C(O)c1ccco1. The van der Waals surface area contributed by atoms with Crippen molar-refractivity contribution >= 4 is 5.97 Å². The predicted molar refractivity (Wildman–Crippen MR) is 86.6 cm³/mol. The Morgan fingerprint density at radius 3 is 1.90 bits per heavy atom. The minimum Gasteiger partial charge on any atom is -0.475 e. The molecule has 3 N–H and O–H groups in total. The standard InChI is InChI=1S/C12H27N.C5H4O3/c1-2-3-4-5-6-7-8-9-10-11-12-13;6-5(7)4-2-1-3-8-4/h2-13H2,1H3;1-3H,(H,6,7). The molecule has 0 spiro atoms. The maximum absolute atomic E-state index is 9.97. The van der Waals surface area contributed by atoms with Gasteiger partial charge in [0.1, 0.15) is 0 Å². The molecule has 1 aromatic rings. The Kier molecular flexibility index (Phi) is 14.2. The minimum absolute atomic E-state index is 0.0231. The zero-order valence-electron chi connectivity index (χ0n) is 13.4. The molecule has 1 heterocycles. The van der Waals surface area contributed by atoms with Crippen LogP contribution in [-0.2, 0) is 0 Å². The van der Waals surface area contributed by atoms with Crippen molar-refractivity contribution in [2.75, 3.05) is 6.54 Å². The van der Waals surface area contributed by atoms with Gasteiger partial charge in [-0.05, 0) is 25.1 Å². The van der Waals surface area contributed by atoms with E-state index in [2.05, 4.69) is 11.3 Å². The van der Waals surface area contributed by atoms with Gasteiger partial charge >= 0.3 is 5.97 Å². The number of carboxylic acid groups (broad SMARTS) is 1. The van der Waals surface area contributed by atoms with Gasteiger partial charge in [-0.15, -0.1) is 0 Å². The summed E-state index contributed by atoms with van der Waals surface area (Å²) in [6, 6.07) is 2.92. The molecule has 122 valence electrons. The van der Waals surface area contributed by atoms with Crippen molar-refractivity contribution in [2.45, 2.75) is 71.1 Å². The fourth-order valence-electron chi connectivity index (χ4n) is 2.03. The van der Waals surface area contributed by atoms with Crippen LogP contribution in [0.3, 0.4) is 0 Å². The quantitative estimate of drug-likeness (QED) is 0.573. The second-order valence-electron chi connectivity index (χ2n) is 5.25. The molecule has 0 aromatic carbocycles. The molecule has 0 aliphatic heterocycles. The van der Waals surface area contributed by atoms with Crippen LogP contribution >= 0.6 is 0 Å². The Hall–Kier alpha value is -1.29. The molecular formula is C17H31NO3. The van der Waals surface area contributed by atoms with Gasteiger partial charge in [-0.1, -0.05) is 64.7 Å². The third-order valence-electron chi connectivity index (χ3n) is 3.29. The van der Waals surface area contributed by atoms with Gasteiger partial charge in [-0.25, -0.2) is 4.79 Å². The lowest BCUT2D eigenvalue weighted by atomic mass is 10.1. The van der Waals surface area contributed by atoms with Crippen LogP contribution in [0.4, 0.5) is 0 Å². The number of nitrogens with two attached hydrogens (primary N) is 1. The van der Waals surface area contributed by atoms with Crippen LogP contribution in [0.15, 0.2) is 22.8 Å². The maximum atomic E-state index is 9.97. The molecule has 0 fully saturated rings. The van der Waals surface area contributed by atoms with E-state index in [4.69, 9.17) is 10.8 Å². The zero-order chi connectivity index (χ0) is 15.8. The highest BCUT2D eigenvalue weighted by atomic mass is 16.4. The average Bonchev–Trinajstić information content (AvgIpc) is 3.01. The van der Waals surface area contributed by atoms with Crippen LogP contribution in [0.25, 0.3) is 0 Å². The molecular weight excluding hydrogens is 266 g/mol. The van der Waals surface area contributed by atoms with E-state index in [9.17, 15) is 4.79 Å². The normalized spacial score (nSPS) is 10.0. The van der Waals surface area contributed by atoms with E-state index < -0.39 is 5.97 Å². The van der Waals surface area contributed by atoms with Crippen molar-refractivity contribution in [2.24, 2.45) is 5.73 Å². The van der Waals surface area contributed by atoms with E-state index in [1.54, 1.807) is 0 Å². The Balaban J connectivity index is 0.000000423. The van der Waals surface area contributed by atoms with Crippen molar-refractivity contribution in [3.8, 4) is 0 Å². The first-order valence-electron chi connectivity index (χ1n) is 8.19. The second-order valence-corrected chi connectivity index (χ2v) is 5.25. The molecule has 0 aliphatic rings. The largest absolute Gasteiger partial charge is 0.475 e. The van der Waals surface area contributed by atoms with Crippen molar-refractivity contribution in [3.63, 3.8) is 0 Å². The van der Waals surface area contributed by atoms with Crippen LogP contribution in [0.1, 0.15) is 81.7 Å². The van der Waals surface area contributed by atoms with Gasteiger partial charge in [0.15, 0.2) is 0 Å². The van der Waals surface area contributed by atoms with E-state index >= 15 is 0 Å². The van der Waals surface area contributed by atoms with Crippen LogP contribution in [0, 0.1) is 0 Å². The van der Waals surface area contributed by atoms with Crippen LogP contribution in [0.2, 0.25) is 0 Å². The topological polar surface area (TPSA) is 76.5 Å². The Bertz CT molecular complexity index is 313. The van der Waals surface area contributed by atoms with Gasteiger partial charge in [0.05, 0.1) is 6.26 Å². The smallest absolute Gasteiger partial charge is 0.371 e. The van der Waals surface area contributed by atoms with Gasteiger partial charge in [0.2, 0.25) is 5.76 Å². The van der Waals surface area contributed by atoms with Crippen molar-refractivity contribution in [1.29, 1.82) is 0 Å². The van der Waals surface area contributed by atoms with E-state index in [-0.39, 0.29) is 5.76 Å². The molecule has 21 heavy (non-hydrogen) atoms. The van der Waals surface area contributed by atoms with E-state index in [1.165, 1.54) is 82.6 Å². The number of hydrogen-bond acceptors (Lipinski definition) is 3. The Labute approximate surface area is 128 Å². The Morgan fingerprint density at radius 2 is 1.57 bits per heavy atom. The van der Waals surface area contributed by atoms with Crippen LogP contribution in [0.5, 0.6) is 0 Å². The Morgan fingerprint density at radius 1 is 1.05 bits per heavy atom. The average molecular weight is 297 g/mol. The molecule has 0 radical (unpaired) electrons. The van der Waals surface area contributed by atoms with Crippen LogP contribution < -0.4 is 5.73 Å². The molecule has 0 amide bonds. The molecule has 4 nitrogen and oxygen atoms in total. The number of aromatic carboxylic acids is 1. The highest BCUT2D eigenvalue weighted by Gasteiger charge is 2.01. The first kappa shape index (κ1) is 19.7. The molecule has 0 aliphatic carbocycles. The van der Waals surface area contributed by atoms with Gasteiger partial charge in [-0.2, -0.15) is 0 Å². The lowest BCUT2D eigenvalue weighted by Crippen LogP contribution is -1.97. The summed E-state index contributed by atoms with van der Waals surface area (Å²) < 4.78 is 4.50. The molecule has 1 rings (SSSR count). The lowest BCUT2D eigenvalue weighted by molar-refractivity contribution is 0.0662. The fraction of sp³-hybridized carbons (Fsp3) is 0.706. The summed E-state index contributed by atoms with van der Waals surface area (Å²) in [4.78, 5) is 9.97. The molecule has 4 heteroatoms. The van der Waals surface area contributed by atoms with E-state index in [0.29, 0.717) is 0 Å². The molecule has 0 saturated heterocycles. The number of carboxylic acids is 1.